The minimum atomic E-state index is -1.41. The zero-order chi connectivity index (χ0) is 13.9. The van der Waals surface area contributed by atoms with Crippen LogP contribution in [-0.2, 0) is 14.3 Å². The van der Waals surface area contributed by atoms with Crippen molar-refractivity contribution < 1.29 is 19.4 Å². The molecule has 3 rings (SSSR count). The van der Waals surface area contributed by atoms with Crippen LogP contribution >= 0.6 is 0 Å². The fourth-order valence-corrected chi connectivity index (χ4v) is 3.73. The van der Waals surface area contributed by atoms with Crippen LogP contribution in [0.15, 0.2) is 22.8 Å². The third kappa shape index (κ3) is 1.43. The first-order chi connectivity index (χ1) is 8.87. The molecule has 0 bridgehead atoms. The summed E-state index contributed by atoms with van der Waals surface area (Å²) in [5.74, 6) is -0.660. The summed E-state index contributed by atoms with van der Waals surface area (Å²) < 4.78 is 5.43. The Morgan fingerprint density at radius 2 is 2.05 bits per heavy atom. The van der Waals surface area contributed by atoms with Crippen molar-refractivity contribution in [2.45, 2.75) is 45.3 Å². The van der Waals surface area contributed by atoms with Gasteiger partial charge in [0.15, 0.2) is 11.4 Å². The number of hydrogen-bond acceptors (Lipinski definition) is 4. The predicted octanol–water partition coefficient (Wildman–Crippen LogP) is 1.53. The van der Waals surface area contributed by atoms with Gasteiger partial charge in [0.25, 0.3) is 0 Å². The Kier molecular flexibility index (Phi) is 2.52. The molecule has 4 nitrogen and oxygen atoms in total. The van der Waals surface area contributed by atoms with Crippen LogP contribution in [0.2, 0.25) is 0 Å². The first-order valence-corrected chi connectivity index (χ1v) is 6.73. The van der Waals surface area contributed by atoms with Gasteiger partial charge in [-0.15, -0.1) is 0 Å². The average molecular weight is 262 g/mol. The molecule has 3 aliphatic rings. The van der Waals surface area contributed by atoms with Gasteiger partial charge in [-0.2, -0.15) is 0 Å². The first-order valence-electron chi connectivity index (χ1n) is 6.73. The van der Waals surface area contributed by atoms with Gasteiger partial charge in [-0.05, 0) is 38.3 Å². The van der Waals surface area contributed by atoms with Crippen molar-refractivity contribution in [3.63, 3.8) is 0 Å². The number of rotatable bonds is 0. The van der Waals surface area contributed by atoms with E-state index in [-0.39, 0.29) is 23.6 Å². The monoisotopic (exact) mass is 262 g/mol. The van der Waals surface area contributed by atoms with Crippen LogP contribution in [0, 0.1) is 11.8 Å². The zero-order valence-electron chi connectivity index (χ0n) is 11.4. The van der Waals surface area contributed by atoms with Crippen LogP contribution in [0.25, 0.3) is 0 Å². The second-order valence-electron chi connectivity index (χ2n) is 5.96. The van der Waals surface area contributed by atoms with Crippen LogP contribution in [0.3, 0.4) is 0 Å². The van der Waals surface area contributed by atoms with Gasteiger partial charge in [-0.25, -0.2) is 0 Å². The highest BCUT2D eigenvalue weighted by atomic mass is 16.6. The number of fused-ring (bicyclic) bond motifs is 3. The Labute approximate surface area is 112 Å². The van der Waals surface area contributed by atoms with E-state index in [1.165, 1.54) is 6.08 Å². The van der Waals surface area contributed by atoms with Crippen LogP contribution in [-0.4, -0.2) is 28.6 Å². The van der Waals surface area contributed by atoms with Gasteiger partial charge in [0.05, 0.1) is 5.92 Å². The van der Waals surface area contributed by atoms with Gasteiger partial charge in [0.2, 0.25) is 0 Å². The summed E-state index contributed by atoms with van der Waals surface area (Å²) in [5.41, 5.74) is 0.520. The summed E-state index contributed by atoms with van der Waals surface area (Å²) in [6.45, 7) is 5.46. The molecule has 0 spiro atoms. The Morgan fingerprint density at radius 3 is 2.74 bits per heavy atom. The second kappa shape index (κ2) is 3.79. The van der Waals surface area contributed by atoms with Crippen LogP contribution in [0.1, 0.15) is 33.6 Å². The summed E-state index contributed by atoms with van der Waals surface area (Å²) >= 11 is 0. The molecule has 0 radical (unpaired) electrons. The van der Waals surface area contributed by atoms with Crippen molar-refractivity contribution in [1.29, 1.82) is 0 Å². The minimum Gasteiger partial charge on any atom is -0.458 e. The molecule has 4 atom stereocenters. The lowest BCUT2D eigenvalue weighted by molar-refractivity contribution is -0.150. The molecule has 1 fully saturated rings. The van der Waals surface area contributed by atoms with Gasteiger partial charge in [-0.3, -0.25) is 9.59 Å². The minimum absolute atomic E-state index is 0.0285. The van der Waals surface area contributed by atoms with E-state index < -0.39 is 11.7 Å². The van der Waals surface area contributed by atoms with Gasteiger partial charge in [-0.1, -0.05) is 12.5 Å². The smallest absolute Gasteiger partial charge is 0.309 e. The molecule has 2 aliphatic carbocycles. The third-order valence-corrected chi connectivity index (χ3v) is 4.91. The number of esters is 1. The largest absolute Gasteiger partial charge is 0.458 e. The van der Waals surface area contributed by atoms with E-state index in [0.29, 0.717) is 11.1 Å². The van der Waals surface area contributed by atoms with E-state index in [1.807, 2.05) is 13.8 Å². The molecule has 1 heterocycles. The van der Waals surface area contributed by atoms with Crippen molar-refractivity contribution in [2.24, 2.45) is 11.8 Å². The van der Waals surface area contributed by atoms with E-state index in [1.54, 1.807) is 6.92 Å². The van der Waals surface area contributed by atoms with Crippen molar-refractivity contribution in [3.05, 3.63) is 22.8 Å². The average Bonchev–Trinajstić information content (AvgIpc) is 2.70. The molecule has 0 amide bonds. The lowest BCUT2D eigenvalue weighted by atomic mass is 9.77. The Bertz CT molecular complexity index is 542. The number of carbonyl (C=O) groups excluding carboxylic acids is 2. The number of hydrogen-bond donors (Lipinski definition) is 1. The molecule has 0 aromatic heterocycles. The van der Waals surface area contributed by atoms with E-state index in [2.05, 4.69) is 0 Å². The van der Waals surface area contributed by atoms with Crippen molar-refractivity contribution >= 4 is 11.8 Å². The van der Waals surface area contributed by atoms with E-state index >= 15 is 0 Å². The number of allylic oxidation sites excluding steroid dienone is 2. The van der Waals surface area contributed by atoms with Gasteiger partial charge in [0.1, 0.15) is 6.10 Å². The van der Waals surface area contributed by atoms with E-state index in [9.17, 15) is 14.7 Å². The standard InChI is InChI=1S/C15H18O4/c1-7-4-5-10-9(3)14(17)19-13(10)15(18)8(2)6-11(16)12(7)15/h6,9-10,13,18H,4-5H2,1-3H3. The van der Waals surface area contributed by atoms with E-state index in [4.69, 9.17) is 4.74 Å². The highest BCUT2D eigenvalue weighted by Crippen LogP contribution is 2.50. The second-order valence-corrected chi connectivity index (χ2v) is 5.96. The summed E-state index contributed by atoms with van der Waals surface area (Å²) in [4.78, 5) is 23.9. The van der Waals surface area contributed by atoms with Gasteiger partial charge in [0, 0.05) is 11.5 Å². The van der Waals surface area contributed by atoms with E-state index in [0.717, 1.165) is 18.4 Å². The molecule has 19 heavy (non-hydrogen) atoms. The summed E-state index contributed by atoms with van der Waals surface area (Å²) in [6, 6.07) is 0. The molecule has 102 valence electrons. The fourth-order valence-electron chi connectivity index (χ4n) is 3.73. The topological polar surface area (TPSA) is 63.6 Å². The third-order valence-electron chi connectivity index (χ3n) is 4.91. The summed E-state index contributed by atoms with van der Waals surface area (Å²) in [7, 11) is 0. The maximum atomic E-state index is 12.1. The molecule has 4 unspecified atom stereocenters. The quantitative estimate of drug-likeness (QED) is 0.672. The van der Waals surface area contributed by atoms with Crippen LogP contribution < -0.4 is 0 Å². The Morgan fingerprint density at radius 1 is 1.37 bits per heavy atom. The van der Waals surface area contributed by atoms with Crippen molar-refractivity contribution in [3.8, 4) is 0 Å². The van der Waals surface area contributed by atoms with Crippen molar-refractivity contribution in [2.75, 3.05) is 0 Å². The van der Waals surface area contributed by atoms with Gasteiger partial charge >= 0.3 is 5.97 Å². The molecule has 1 N–H and O–H groups in total. The maximum absolute atomic E-state index is 12.1. The number of ether oxygens (including phenoxy) is 1. The molecule has 1 aliphatic heterocycles. The SMILES string of the molecule is CC1=CC(=O)C2=C(C)CCC3C(C)C(=O)OC3C12O. The van der Waals surface area contributed by atoms with Crippen LogP contribution in [0.4, 0.5) is 0 Å². The highest BCUT2D eigenvalue weighted by Gasteiger charge is 2.59. The summed E-state index contributed by atoms with van der Waals surface area (Å²) in [6.07, 6.45) is 2.35. The molecule has 1 saturated heterocycles. The molecule has 0 aromatic rings. The molecular formula is C15H18O4. The fraction of sp³-hybridized carbons (Fsp3) is 0.600. The Balaban J connectivity index is 2.17. The Hall–Kier alpha value is -1.42. The molecule has 4 heteroatoms. The van der Waals surface area contributed by atoms with Crippen LogP contribution in [0.5, 0.6) is 0 Å². The normalized spacial score (nSPS) is 41.7. The molecule has 0 aromatic carbocycles. The molecular weight excluding hydrogens is 244 g/mol. The lowest BCUT2D eigenvalue weighted by Crippen LogP contribution is -2.47. The summed E-state index contributed by atoms with van der Waals surface area (Å²) in [5, 5.41) is 11.1. The maximum Gasteiger partial charge on any atom is 0.309 e. The first kappa shape index (κ1) is 12.6. The highest BCUT2D eigenvalue weighted by molar-refractivity contribution is 6.11. The number of ketones is 1. The van der Waals surface area contributed by atoms with Gasteiger partial charge < -0.3 is 9.84 Å². The zero-order valence-corrected chi connectivity index (χ0v) is 11.4. The predicted molar refractivity (Wildman–Crippen MR) is 68.2 cm³/mol. The lowest BCUT2D eigenvalue weighted by Gasteiger charge is -2.33. The van der Waals surface area contributed by atoms with Crippen molar-refractivity contribution in [1.82, 2.24) is 0 Å². The number of carbonyl (C=O) groups is 2. The number of aliphatic hydroxyl groups is 1. The molecule has 0 saturated carbocycles.